The second kappa shape index (κ2) is 9.12. The summed E-state index contributed by atoms with van der Waals surface area (Å²) in [5.74, 6) is 0.199. The van der Waals surface area contributed by atoms with Gasteiger partial charge in [0.15, 0.2) is 0 Å². The lowest BCUT2D eigenvalue weighted by Gasteiger charge is -2.07. The van der Waals surface area contributed by atoms with Gasteiger partial charge in [-0.05, 0) is 51.1 Å². The van der Waals surface area contributed by atoms with Crippen LogP contribution in [0.1, 0.15) is 31.2 Å². The van der Waals surface area contributed by atoms with Crippen LogP contribution in [0.15, 0.2) is 30.3 Å². The first-order chi connectivity index (χ1) is 15.9. The molecule has 0 aliphatic carbocycles. The van der Waals surface area contributed by atoms with Gasteiger partial charge in [0.25, 0.3) is 5.69 Å². The fourth-order valence-corrected chi connectivity index (χ4v) is 3.61. The number of halogens is 1. The zero-order valence-electron chi connectivity index (χ0n) is 17.3. The Morgan fingerprint density at radius 2 is 1.91 bits per heavy atom. The number of nitro groups is 2. The second-order valence-electron chi connectivity index (χ2n) is 7.06. The standard InChI is InChI=1S/C18H17ClN10O4/c1-2-3-4-14-20-18(19)23-26(14)10-11-5-7-12(8-6-11)27-15(29(32)33)9-13(28(30)31)16(27)17-21-24-25-22-17/h5-9H,2-4,10H2,1H3,(H,21,22,24,25). The molecule has 0 unspecified atom stereocenters. The first-order valence-corrected chi connectivity index (χ1v) is 10.2. The lowest BCUT2D eigenvalue weighted by molar-refractivity contribution is -0.394. The van der Waals surface area contributed by atoms with Crippen LogP contribution in [-0.4, -0.2) is 49.8 Å². The Bertz CT molecular complexity index is 1300. The summed E-state index contributed by atoms with van der Waals surface area (Å²) in [7, 11) is 0. The van der Waals surface area contributed by atoms with Gasteiger partial charge in [0.1, 0.15) is 17.6 Å². The molecule has 0 saturated carbocycles. The topological polar surface area (TPSA) is 176 Å². The molecule has 3 aromatic heterocycles. The molecule has 1 N–H and O–H groups in total. The minimum Gasteiger partial charge on any atom is -0.358 e. The smallest absolute Gasteiger partial charge is 0.335 e. The number of hydrogen-bond donors (Lipinski definition) is 1. The molecule has 0 saturated heterocycles. The molecule has 4 rings (SSSR count). The highest BCUT2D eigenvalue weighted by Crippen LogP contribution is 2.37. The zero-order valence-corrected chi connectivity index (χ0v) is 18.0. The second-order valence-corrected chi connectivity index (χ2v) is 7.40. The van der Waals surface area contributed by atoms with Gasteiger partial charge in [-0.2, -0.15) is 4.57 Å². The van der Waals surface area contributed by atoms with Crippen LogP contribution in [0.2, 0.25) is 5.28 Å². The van der Waals surface area contributed by atoms with E-state index in [1.54, 1.807) is 28.9 Å². The summed E-state index contributed by atoms with van der Waals surface area (Å²) in [6.45, 7) is 2.47. The summed E-state index contributed by atoms with van der Waals surface area (Å²) in [4.78, 5) is 26.0. The highest BCUT2D eigenvalue weighted by atomic mass is 35.5. The Kier molecular flexibility index (Phi) is 6.08. The van der Waals surface area contributed by atoms with Gasteiger partial charge < -0.3 is 10.1 Å². The van der Waals surface area contributed by atoms with Gasteiger partial charge in [-0.3, -0.25) is 10.1 Å². The lowest BCUT2D eigenvalue weighted by Crippen LogP contribution is -2.08. The minimum atomic E-state index is -0.720. The third-order valence-electron chi connectivity index (χ3n) is 4.92. The van der Waals surface area contributed by atoms with E-state index in [9.17, 15) is 20.2 Å². The van der Waals surface area contributed by atoms with E-state index < -0.39 is 21.4 Å². The summed E-state index contributed by atoms with van der Waals surface area (Å²) in [5, 5.41) is 40.6. The highest BCUT2D eigenvalue weighted by Gasteiger charge is 2.35. The third kappa shape index (κ3) is 4.41. The third-order valence-corrected chi connectivity index (χ3v) is 5.08. The van der Waals surface area contributed by atoms with Crippen molar-refractivity contribution in [2.45, 2.75) is 32.7 Å². The molecular weight excluding hydrogens is 456 g/mol. The summed E-state index contributed by atoms with van der Waals surface area (Å²) in [5.41, 5.74) is 0.537. The number of H-pyrrole nitrogens is 1. The van der Waals surface area contributed by atoms with Gasteiger partial charge in [0.2, 0.25) is 11.1 Å². The number of tetrazole rings is 1. The van der Waals surface area contributed by atoms with Gasteiger partial charge in [0.05, 0.1) is 11.5 Å². The average Bonchev–Trinajstić information content (AvgIpc) is 3.51. The minimum absolute atomic E-state index is 0.0725. The van der Waals surface area contributed by atoms with Crippen molar-refractivity contribution in [1.29, 1.82) is 0 Å². The van der Waals surface area contributed by atoms with Crippen LogP contribution in [0, 0.1) is 20.2 Å². The van der Waals surface area contributed by atoms with Crippen LogP contribution < -0.4 is 0 Å². The first kappa shape index (κ1) is 22.0. The van der Waals surface area contributed by atoms with E-state index in [0.717, 1.165) is 41.3 Å². The molecule has 0 spiro atoms. The number of aromatic amines is 1. The SMILES string of the molecule is CCCCc1nc(Cl)nn1Cc1ccc(-n2c([N+](=O)[O-])cc([N+](=O)[O-])c2-c2nnn[nH]2)cc1. The number of aryl methyl sites for hydroxylation is 1. The summed E-state index contributed by atoms with van der Waals surface area (Å²) >= 11 is 5.97. The van der Waals surface area contributed by atoms with Crippen LogP contribution in [0.4, 0.5) is 11.5 Å². The van der Waals surface area contributed by atoms with Crippen molar-refractivity contribution in [1.82, 2.24) is 40.0 Å². The molecule has 0 aliphatic heterocycles. The molecule has 14 nitrogen and oxygen atoms in total. The number of unbranched alkanes of at least 4 members (excludes halogenated alkanes) is 1. The molecule has 33 heavy (non-hydrogen) atoms. The normalized spacial score (nSPS) is 11.1. The highest BCUT2D eigenvalue weighted by molar-refractivity contribution is 6.28. The maximum Gasteiger partial charge on any atom is 0.335 e. The molecule has 0 radical (unpaired) electrons. The Morgan fingerprint density at radius 1 is 1.15 bits per heavy atom. The van der Waals surface area contributed by atoms with Crippen molar-refractivity contribution >= 4 is 23.1 Å². The molecule has 15 heteroatoms. The molecule has 0 atom stereocenters. The van der Waals surface area contributed by atoms with Crippen molar-refractivity contribution in [3.8, 4) is 17.2 Å². The zero-order chi connectivity index (χ0) is 23.5. The quantitative estimate of drug-likeness (QED) is 0.283. The summed E-state index contributed by atoms with van der Waals surface area (Å²) in [6.07, 6.45) is 2.69. The van der Waals surface area contributed by atoms with Gasteiger partial charge in [-0.25, -0.2) is 14.8 Å². The van der Waals surface area contributed by atoms with Gasteiger partial charge in [-0.1, -0.05) is 25.5 Å². The van der Waals surface area contributed by atoms with E-state index in [4.69, 9.17) is 11.6 Å². The van der Waals surface area contributed by atoms with Gasteiger partial charge in [0, 0.05) is 6.42 Å². The molecule has 0 fully saturated rings. The molecular formula is C18H17ClN10O4. The van der Waals surface area contributed by atoms with Crippen LogP contribution in [0.3, 0.4) is 0 Å². The lowest BCUT2D eigenvalue weighted by atomic mass is 10.2. The van der Waals surface area contributed by atoms with Crippen LogP contribution in [-0.2, 0) is 13.0 Å². The maximum absolute atomic E-state index is 11.7. The molecule has 1 aromatic carbocycles. The van der Waals surface area contributed by atoms with E-state index in [1.165, 1.54) is 0 Å². The van der Waals surface area contributed by atoms with E-state index in [0.29, 0.717) is 12.2 Å². The fourth-order valence-electron chi connectivity index (χ4n) is 3.42. The predicted octanol–water partition coefficient (Wildman–Crippen LogP) is 3.11. The number of aromatic nitrogens is 8. The van der Waals surface area contributed by atoms with Crippen LogP contribution in [0.5, 0.6) is 0 Å². The molecule has 0 aliphatic rings. The van der Waals surface area contributed by atoms with E-state index >= 15 is 0 Å². The Morgan fingerprint density at radius 3 is 2.52 bits per heavy atom. The molecule has 0 amide bonds. The largest absolute Gasteiger partial charge is 0.358 e. The predicted molar refractivity (Wildman–Crippen MR) is 115 cm³/mol. The van der Waals surface area contributed by atoms with E-state index in [2.05, 4.69) is 37.6 Å². The monoisotopic (exact) mass is 472 g/mol. The maximum atomic E-state index is 11.7. The van der Waals surface area contributed by atoms with Gasteiger partial charge in [-0.15, -0.1) is 10.2 Å². The fraction of sp³-hybridized carbons (Fsp3) is 0.278. The molecule has 0 bridgehead atoms. The van der Waals surface area contributed by atoms with Crippen molar-refractivity contribution in [3.63, 3.8) is 0 Å². The summed E-state index contributed by atoms with van der Waals surface area (Å²) < 4.78 is 2.84. The number of nitrogens with one attached hydrogen (secondary N) is 1. The van der Waals surface area contributed by atoms with Crippen molar-refractivity contribution in [3.05, 3.63) is 67.2 Å². The van der Waals surface area contributed by atoms with Crippen molar-refractivity contribution in [2.75, 3.05) is 0 Å². The molecule has 170 valence electrons. The number of hydrogen-bond acceptors (Lipinski definition) is 9. The number of rotatable bonds is 9. The van der Waals surface area contributed by atoms with Crippen LogP contribution >= 0.6 is 11.6 Å². The van der Waals surface area contributed by atoms with Crippen LogP contribution in [0.25, 0.3) is 17.2 Å². The molecule has 4 aromatic rings. The number of benzene rings is 1. The first-order valence-electron chi connectivity index (χ1n) is 9.86. The Labute approximate surface area is 190 Å². The van der Waals surface area contributed by atoms with E-state index in [1.807, 2.05) is 0 Å². The van der Waals surface area contributed by atoms with Crippen molar-refractivity contribution < 1.29 is 9.85 Å². The van der Waals surface area contributed by atoms with E-state index in [-0.39, 0.29) is 16.8 Å². The van der Waals surface area contributed by atoms with Gasteiger partial charge >= 0.3 is 11.5 Å². The number of nitrogens with zero attached hydrogens (tertiary/aromatic N) is 9. The Hall–Kier alpha value is -4.20. The van der Waals surface area contributed by atoms with Crippen molar-refractivity contribution in [2.24, 2.45) is 0 Å². The summed E-state index contributed by atoms with van der Waals surface area (Å²) in [6, 6.07) is 7.59. The Balaban J connectivity index is 1.73. The average molecular weight is 473 g/mol. The molecule has 3 heterocycles.